The zero-order chi connectivity index (χ0) is 13.7. The van der Waals surface area contributed by atoms with Gasteiger partial charge in [-0.1, -0.05) is 77.6 Å². The number of rotatable bonds is 13. The van der Waals surface area contributed by atoms with Crippen LogP contribution < -0.4 is 0 Å². The Bertz CT molecular complexity index is 266. The van der Waals surface area contributed by atoms with E-state index in [4.69, 9.17) is 4.55 Å². The third kappa shape index (κ3) is 21.6. The molecule has 0 aliphatic carbocycles. The van der Waals surface area contributed by atoms with Gasteiger partial charge >= 0.3 is 37.7 Å². The van der Waals surface area contributed by atoms with Crippen LogP contribution in [0.5, 0.6) is 0 Å². The fourth-order valence-electron chi connectivity index (χ4n) is 2.13. The largest absolute Gasteiger partial charge is 2.00 e. The molecule has 0 bridgehead atoms. The van der Waals surface area contributed by atoms with Crippen molar-refractivity contribution in [3.8, 4) is 0 Å². The van der Waals surface area contributed by atoms with Gasteiger partial charge in [-0.05, 0) is 6.42 Å². The van der Waals surface area contributed by atoms with Crippen LogP contribution in [0.4, 0.5) is 0 Å². The summed E-state index contributed by atoms with van der Waals surface area (Å²) >= 11 is 0. The molecule has 3 nitrogen and oxygen atoms in total. The van der Waals surface area contributed by atoms with E-state index in [1.54, 1.807) is 0 Å². The van der Waals surface area contributed by atoms with Crippen LogP contribution in [0.1, 0.15) is 84.0 Å². The fraction of sp³-hybridized carbons (Fsp3) is 1.00. The molecule has 110 valence electrons. The Labute approximate surface area is 149 Å². The summed E-state index contributed by atoms with van der Waals surface area (Å²) in [5, 5.41) is 0. The van der Waals surface area contributed by atoms with E-state index in [1.807, 2.05) is 0 Å². The van der Waals surface area contributed by atoms with Gasteiger partial charge in [0.05, 0.1) is 5.75 Å². The second-order valence-corrected chi connectivity index (χ2v) is 6.75. The van der Waals surface area contributed by atoms with Crippen molar-refractivity contribution in [2.45, 2.75) is 84.0 Å². The Morgan fingerprint density at radius 1 is 0.684 bits per heavy atom. The van der Waals surface area contributed by atoms with E-state index in [9.17, 15) is 8.42 Å². The molecular formula is C14H30CaO3S+2. The molecular weight excluding hydrogens is 288 g/mol. The van der Waals surface area contributed by atoms with Crippen LogP contribution in [0, 0.1) is 0 Å². The zero-order valence-electron chi connectivity index (χ0n) is 12.6. The zero-order valence-corrected chi connectivity index (χ0v) is 15.6. The van der Waals surface area contributed by atoms with Gasteiger partial charge in [-0.3, -0.25) is 4.55 Å². The van der Waals surface area contributed by atoms with Gasteiger partial charge in [0.2, 0.25) is 0 Å². The molecule has 0 aromatic heterocycles. The number of hydrogen-bond donors (Lipinski definition) is 1. The van der Waals surface area contributed by atoms with Crippen LogP contribution in [-0.2, 0) is 10.1 Å². The summed E-state index contributed by atoms with van der Waals surface area (Å²) in [5.41, 5.74) is 0. The van der Waals surface area contributed by atoms with Crippen LogP contribution in [0.3, 0.4) is 0 Å². The summed E-state index contributed by atoms with van der Waals surface area (Å²) < 4.78 is 29.5. The summed E-state index contributed by atoms with van der Waals surface area (Å²) in [7, 11) is -3.74. The molecule has 0 aliphatic heterocycles. The quantitative estimate of drug-likeness (QED) is 0.315. The SMILES string of the molecule is CCCCCCCCCCCCCCS(=O)(=O)O.[Ca+2]. The van der Waals surface area contributed by atoms with Crippen LogP contribution in [0.15, 0.2) is 0 Å². The molecule has 0 rings (SSSR count). The van der Waals surface area contributed by atoms with Crippen molar-refractivity contribution in [3.63, 3.8) is 0 Å². The maximum Gasteiger partial charge on any atom is 2.00 e. The first-order valence-corrected chi connectivity index (χ1v) is 9.12. The van der Waals surface area contributed by atoms with Crippen LogP contribution in [-0.4, -0.2) is 56.5 Å². The first kappa shape index (κ1) is 22.5. The molecule has 0 aromatic carbocycles. The van der Waals surface area contributed by atoms with Gasteiger partial charge in [-0.25, -0.2) is 0 Å². The second-order valence-electron chi connectivity index (χ2n) is 5.18. The molecule has 0 saturated carbocycles. The Morgan fingerprint density at radius 3 is 1.32 bits per heavy atom. The summed E-state index contributed by atoms with van der Waals surface area (Å²) in [6.07, 6.45) is 14.5. The predicted molar refractivity (Wildman–Crippen MR) is 83.2 cm³/mol. The topological polar surface area (TPSA) is 54.4 Å². The average molecular weight is 319 g/mol. The van der Waals surface area contributed by atoms with Gasteiger partial charge in [0, 0.05) is 0 Å². The molecule has 0 saturated heterocycles. The van der Waals surface area contributed by atoms with E-state index in [0.717, 1.165) is 12.8 Å². The Morgan fingerprint density at radius 2 is 1.00 bits per heavy atom. The third-order valence-corrected chi connectivity index (χ3v) is 4.06. The van der Waals surface area contributed by atoms with Crippen molar-refractivity contribution in [3.05, 3.63) is 0 Å². The molecule has 0 aromatic rings. The summed E-state index contributed by atoms with van der Waals surface area (Å²) in [6.45, 7) is 2.24. The molecule has 0 amide bonds. The van der Waals surface area contributed by atoms with E-state index in [1.165, 1.54) is 57.8 Å². The normalized spacial score (nSPS) is 11.3. The van der Waals surface area contributed by atoms with Gasteiger partial charge in [0.25, 0.3) is 10.1 Å². The van der Waals surface area contributed by atoms with Gasteiger partial charge in [0.15, 0.2) is 0 Å². The van der Waals surface area contributed by atoms with Crippen LogP contribution in [0.2, 0.25) is 0 Å². The van der Waals surface area contributed by atoms with E-state index in [2.05, 4.69) is 6.92 Å². The van der Waals surface area contributed by atoms with Gasteiger partial charge < -0.3 is 0 Å². The molecule has 0 spiro atoms. The number of hydrogen-bond acceptors (Lipinski definition) is 2. The van der Waals surface area contributed by atoms with E-state index in [-0.39, 0.29) is 43.5 Å². The Kier molecular flexibility index (Phi) is 18.4. The third-order valence-electron chi connectivity index (χ3n) is 3.26. The Hall–Kier alpha value is 1.17. The van der Waals surface area contributed by atoms with Crippen LogP contribution >= 0.6 is 0 Å². The maximum atomic E-state index is 10.5. The van der Waals surface area contributed by atoms with Gasteiger partial charge in [0.1, 0.15) is 0 Å². The second kappa shape index (κ2) is 15.6. The molecule has 0 radical (unpaired) electrons. The molecule has 0 aliphatic rings. The van der Waals surface area contributed by atoms with Gasteiger partial charge in [-0.15, -0.1) is 0 Å². The minimum Gasteiger partial charge on any atom is -0.286 e. The Balaban J connectivity index is 0. The van der Waals surface area contributed by atoms with Crippen molar-refractivity contribution in [2.24, 2.45) is 0 Å². The smallest absolute Gasteiger partial charge is 0.286 e. The molecule has 0 heterocycles. The van der Waals surface area contributed by atoms with Crippen molar-refractivity contribution in [1.82, 2.24) is 0 Å². The molecule has 19 heavy (non-hydrogen) atoms. The van der Waals surface area contributed by atoms with Crippen molar-refractivity contribution in [2.75, 3.05) is 5.75 Å². The molecule has 0 atom stereocenters. The van der Waals surface area contributed by atoms with Crippen molar-refractivity contribution in [1.29, 1.82) is 0 Å². The molecule has 0 unspecified atom stereocenters. The first-order chi connectivity index (χ1) is 8.56. The predicted octanol–water partition coefficient (Wildman–Crippen LogP) is 4.19. The fourth-order valence-corrected chi connectivity index (χ4v) is 2.69. The maximum absolute atomic E-state index is 10.5. The van der Waals surface area contributed by atoms with Gasteiger partial charge in [-0.2, -0.15) is 8.42 Å². The van der Waals surface area contributed by atoms with Crippen LogP contribution in [0.25, 0.3) is 0 Å². The minimum absolute atomic E-state index is 0. The van der Waals surface area contributed by atoms with Crippen molar-refractivity contribution >= 4 is 47.9 Å². The molecule has 1 N–H and O–H groups in total. The standard InChI is InChI=1S/C14H30O3S.Ca/c1-2-3-4-5-6-7-8-9-10-11-12-13-14-18(15,16)17;/h2-14H2,1H3,(H,15,16,17);/q;+2. The first-order valence-electron chi connectivity index (χ1n) is 7.51. The average Bonchev–Trinajstić information content (AvgIpc) is 2.29. The van der Waals surface area contributed by atoms with Crippen molar-refractivity contribution < 1.29 is 13.0 Å². The number of unbranched alkanes of at least 4 members (excludes halogenated alkanes) is 11. The van der Waals surface area contributed by atoms with E-state index >= 15 is 0 Å². The molecule has 0 fully saturated rings. The van der Waals surface area contributed by atoms with E-state index in [0.29, 0.717) is 6.42 Å². The summed E-state index contributed by atoms with van der Waals surface area (Å²) in [6, 6.07) is 0. The molecule has 5 heteroatoms. The summed E-state index contributed by atoms with van der Waals surface area (Å²) in [4.78, 5) is 0. The van der Waals surface area contributed by atoms with E-state index < -0.39 is 10.1 Å². The summed E-state index contributed by atoms with van der Waals surface area (Å²) in [5.74, 6) is -0.0789. The minimum atomic E-state index is -3.74. The monoisotopic (exact) mass is 318 g/mol.